The first kappa shape index (κ1) is 28.6. The lowest BCUT2D eigenvalue weighted by Gasteiger charge is -2.26. The second kappa shape index (κ2) is 12.3. The van der Waals surface area contributed by atoms with Gasteiger partial charge in [0, 0.05) is 5.56 Å². The number of fused-ring (bicyclic) bond motifs is 1. The Kier molecular flexibility index (Phi) is 8.56. The lowest BCUT2D eigenvalue weighted by atomic mass is 9.93. The van der Waals surface area contributed by atoms with Crippen molar-refractivity contribution in [2.24, 2.45) is 4.99 Å². The van der Waals surface area contributed by atoms with E-state index in [4.69, 9.17) is 19.2 Å². The number of rotatable bonds is 8. The van der Waals surface area contributed by atoms with Crippen molar-refractivity contribution in [3.8, 4) is 11.5 Å². The van der Waals surface area contributed by atoms with Crippen LogP contribution in [0.4, 0.5) is 0 Å². The molecule has 41 heavy (non-hydrogen) atoms. The summed E-state index contributed by atoms with van der Waals surface area (Å²) >= 11 is 4.86. The normalized spacial score (nSPS) is 15.0. The maximum Gasteiger partial charge on any atom is 0.338 e. The molecule has 0 radical (unpaired) electrons. The third-order valence-electron chi connectivity index (χ3n) is 6.42. The fourth-order valence-electron chi connectivity index (χ4n) is 4.65. The fraction of sp³-hybridized carbons (Fsp3) is 0.219. The van der Waals surface area contributed by atoms with Crippen molar-refractivity contribution in [3.63, 3.8) is 0 Å². The highest BCUT2D eigenvalue weighted by Crippen LogP contribution is 2.35. The second-order valence-electron chi connectivity index (χ2n) is 9.56. The lowest BCUT2D eigenvalue weighted by Crippen LogP contribution is -2.40. The molecule has 0 saturated carbocycles. The van der Waals surface area contributed by atoms with E-state index in [1.165, 1.54) is 11.3 Å². The predicted octanol–water partition coefficient (Wildman–Crippen LogP) is 5.49. The van der Waals surface area contributed by atoms with Crippen LogP contribution < -0.4 is 24.4 Å². The van der Waals surface area contributed by atoms with Crippen LogP contribution >= 0.6 is 27.3 Å². The molecule has 1 aliphatic rings. The number of hydrogen-bond acceptors (Lipinski definition) is 7. The first-order valence-corrected chi connectivity index (χ1v) is 14.8. The van der Waals surface area contributed by atoms with E-state index in [0.29, 0.717) is 26.4 Å². The van der Waals surface area contributed by atoms with Gasteiger partial charge in [-0.2, -0.15) is 0 Å². The van der Waals surface area contributed by atoms with Crippen LogP contribution in [0, 0.1) is 0 Å². The van der Waals surface area contributed by atoms with E-state index in [1.54, 1.807) is 18.6 Å². The highest BCUT2D eigenvalue weighted by atomic mass is 79.9. The highest BCUT2D eigenvalue weighted by molar-refractivity contribution is 9.10. The Morgan fingerprint density at radius 2 is 1.83 bits per heavy atom. The number of thiazole rings is 1. The van der Waals surface area contributed by atoms with Gasteiger partial charge in [-0.1, -0.05) is 59.9 Å². The third kappa shape index (κ3) is 5.92. The molecule has 0 aliphatic carbocycles. The number of benzene rings is 3. The van der Waals surface area contributed by atoms with Gasteiger partial charge in [-0.3, -0.25) is 9.36 Å². The number of carbonyl (C=O) groups excluding carboxylic acids is 1. The molecule has 0 unspecified atom stereocenters. The summed E-state index contributed by atoms with van der Waals surface area (Å²) in [5.41, 5.74) is 2.86. The monoisotopic (exact) mass is 632 g/mol. The zero-order chi connectivity index (χ0) is 29.1. The summed E-state index contributed by atoms with van der Waals surface area (Å²) in [7, 11) is 1.59. The Bertz CT molecular complexity index is 1790. The highest BCUT2D eigenvalue weighted by Gasteiger charge is 2.35. The molecule has 0 N–H and O–H groups in total. The molecule has 4 aromatic rings. The van der Waals surface area contributed by atoms with Crippen LogP contribution in [-0.2, 0) is 9.53 Å². The molecule has 9 heteroatoms. The Morgan fingerprint density at radius 1 is 1.10 bits per heavy atom. The van der Waals surface area contributed by atoms with Gasteiger partial charge in [0.2, 0.25) is 0 Å². The summed E-state index contributed by atoms with van der Waals surface area (Å²) < 4.78 is 19.6. The van der Waals surface area contributed by atoms with Crippen molar-refractivity contribution in [2.45, 2.75) is 32.9 Å². The zero-order valence-corrected chi connectivity index (χ0v) is 25.5. The number of halogens is 1. The van der Waals surface area contributed by atoms with E-state index in [2.05, 4.69) is 15.9 Å². The van der Waals surface area contributed by atoms with Gasteiger partial charge in [0.15, 0.2) is 4.80 Å². The van der Waals surface area contributed by atoms with Crippen LogP contribution in [0.3, 0.4) is 0 Å². The average molecular weight is 634 g/mol. The first-order chi connectivity index (χ1) is 19.8. The van der Waals surface area contributed by atoms with Crippen LogP contribution in [0.25, 0.3) is 11.8 Å². The molecule has 0 saturated heterocycles. The summed E-state index contributed by atoms with van der Waals surface area (Å²) in [4.78, 5) is 33.0. The molecular formula is C32H29BrN2O5S. The average Bonchev–Trinajstić information content (AvgIpc) is 3.28. The Balaban J connectivity index is 1.75. The fourth-order valence-corrected chi connectivity index (χ4v) is 6.14. The summed E-state index contributed by atoms with van der Waals surface area (Å²) in [5.74, 6) is 0.876. The van der Waals surface area contributed by atoms with Crippen LogP contribution in [0.5, 0.6) is 11.5 Å². The minimum Gasteiger partial charge on any atom is -0.497 e. The number of carbonyl (C=O) groups is 1. The molecule has 0 spiro atoms. The quantitative estimate of drug-likeness (QED) is 0.240. The van der Waals surface area contributed by atoms with E-state index in [1.807, 2.05) is 92.7 Å². The minimum absolute atomic E-state index is 0.0335. The number of aromatic nitrogens is 1. The molecule has 2 heterocycles. The van der Waals surface area contributed by atoms with E-state index >= 15 is 0 Å². The topological polar surface area (TPSA) is 79.1 Å². The molecule has 1 aliphatic heterocycles. The van der Waals surface area contributed by atoms with Gasteiger partial charge in [0.05, 0.1) is 46.1 Å². The van der Waals surface area contributed by atoms with Crippen molar-refractivity contribution >= 4 is 45.0 Å². The number of hydrogen-bond donors (Lipinski definition) is 0. The van der Waals surface area contributed by atoms with Crippen LogP contribution in [-0.4, -0.2) is 30.4 Å². The summed E-state index contributed by atoms with van der Waals surface area (Å²) in [5, 5.41) is 0. The third-order valence-corrected chi connectivity index (χ3v) is 8.02. The van der Waals surface area contributed by atoms with Crippen molar-refractivity contribution in [2.75, 3.05) is 13.7 Å². The summed E-state index contributed by atoms with van der Waals surface area (Å²) in [6, 6.07) is 21.8. The molecule has 210 valence electrons. The standard InChI is InChI=1S/C32H29BrN2O5S/c1-5-39-31(37)27-28(21-9-7-6-8-10-21)34-32-35(29(27)22-12-14-23(38-4)15-13-22)30(36)26(41-32)18-20-11-16-25(24(33)17-20)40-19(2)3/h6-19,29H,5H2,1-4H3/b26-18-/t29-/m1/s1. The van der Waals surface area contributed by atoms with Gasteiger partial charge in [-0.15, -0.1) is 0 Å². The number of methoxy groups -OCH3 is 1. The Morgan fingerprint density at radius 3 is 2.46 bits per heavy atom. The summed E-state index contributed by atoms with van der Waals surface area (Å²) in [6.07, 6.45) is 1.86. The van der Waals surface area contributed by atoms with Crippen LogP contribution in [0.1, 0.15) is 43.5 Å². The van der Waals surface area contributed by atoms with Gasteiger partial charge < -0.3 is 14.2 Å². The van der Waals surface area contributed by atoms with E-state index in [0.717, 1.165) is 26.9 Å². The Labute approximate surface area is 250 Å². The van der Waals surface area contributed by atoms with Gasteiger partial charge in [0.25, 0.3) is 5.56 Å². The zero-order valence-electron chi connectivity index (χ0n) is 23.1. The van der Waals surface area contributed by atoms with Crippen LogP contribution in [0.15, 0.2) is 92.6 Å². The predicted molar refractivity (Wildman–Crippen MR) is 164 cm³/mol. The molecule has 3 aromatic carbocycles. The molecular weight excluding hydrogens is 604 g/mol. The van der Waals surface area contributed by atoms with Crippen molar-refractivity contribution in [3.05, 3.63) is 119 Å². The molecule has 0 bridgehead atoms. The van der Waals surface area contributed by atoms with Gasteiger partial charge in [0.1, 0.15) is 11.5 Å². The number of esters is 1. The van der Waals surface area contributed by atoms with E-state index < -0.39 is 12.0 Å². The smallest absolute Gasteiger partial charge is 0.338 e. The molecule has 1 atom stereocenters. The Hall–Kier alpha value is -3.95. The van der Waals surface area contributed by atoms with E-state index in [-0.39, 0.29) is 18.3 Å². The van der Waals surface area contributed by atoms with Crippen molar-refractivity contribution in [1.29, 1.82) is 0 Å². The maximum absolute atomic E-state index is 14.0. The van der Waals surface area contributed by atoms with Gasteiger partial charge in [-0.25, -0.2) is 9.79 Å². The molecule has 5 rings (SSSR count). The van der Waals surface area contributed by atoms with Gasteiger partial charge in [-0.05, 0) is 78.2 Å². The molecule has 0 amide bonds. The maximum atomic E-state index is 14.0. The minimum atomic E-state index is -0.748. The second-order valence-corrected chi connectivity index (χ2v) is 11.4. The summed E-state index contributed by atoms with van der Waals surface area (Å²) in [6.45, 7) is 5.88. The molecule has 0 fully saturated rings. The van der Waals surface area contributed by atoms with Gasteiger partial charge >= 0.3 is 5.97 Å². The number of nitrogens with zero attached hydrogens (tertiary/aromatic N) is 2. The molecule has 7 nitrogen and oxygen atoms in total. The van der Waals surface area contributed by atoms with Crippen molar-refractivity contribution < 1.29 is 19.0 Å². The first-order valence-electron chi connectivity index (χ1n) is 13.2. The molecule has 1 aromatic heterocycles. The van der Waals surface area contributed by atoms with Crippen molar-refractivity contribution in [1.82, 2.24) is 4.57 Å². The van der Waals surface area contributed by atoms with Crippen LogP contribution in [0.2, 0.25) is 0 Å². The largest absolute Gasteiger partial charge is 0.497 e. The number of ether oxygens (including phenoxy) is 3. The SMILES string of the molecule is CCOC(=O)C1=C(c2ccccc2)N=c2s/c(=C\c3ccc(OC(C)C)c(Br)c3)c(=O)n2[C@@H]1c1ccc(OC)cc1. The van der Waals surface area contributed by atoms with E-state index in [9.17, 15) is 9.59 Å². The lowest BCUT2D eigenvalue weighted by molar-refractivity contribution is -0.138.